The maximum absolute atomic E-state index is 16.8. The lowest BCUT2D eigenvalue weighted by Gasteiger charge is -2.44. The molecule has 1 aliphatic carbocycles. The molecule has 0 saturated carbocycles. The van der Waals surface area contributed by atoms with Crippen molar-refractivity contribution in [3.63, 3.8) is 0 Å². The molecule has 6 aromatic carbocycles. The van der Waals surface area contributed by atoms with Crippen LogP contribution in [0.25, 0.3) is 0 Å². The molecule has 0 aromatic heterocycles. The van der Waals surface area contributed by atoms with E-state index in [2.05, 4.69) is 37.2 Å². The largest absolute Gasteiger partial charge is 0.508 e. The van der Waals surface area contributed by atoms with Crippen molar-refractivity contribution in [2.45, 2.75) is 166 Å². The van der Waals surface area contributed by atoms with Gasteiger partial charge in [-0.15, -0.1) is 0 Å². The van der Waals surface area contributed by atoms with Crippen LogP contribution in [-0.2, 0) is 63.7 Å². The van der Waals surface area contributed by atoms with Gasteiger partial charge in [0.15, 0.2) is 35.3 Å². The van der Waals surface area contributed by atoms with Gasteiger partial charge in [-0.2, -0.15) is 0 Å². The number of ether oxygens (including phenoxy) is 9. The maximum Gasteiger partial charge on any atom is 0.330 e. The fourth-order valence-electron chi connectivity index (χ4n) is 15.1. The van der Waals surface area contributed by atoms with E-state index in [9.17, 15) is 91.0 Å². The first kappa shape index (κ1) is 85.0. The molecule has 6 aromatic rings. The quantitative estimate of drug-likeness (QED) is 0.0590. The molecule has 120 heavy (non-hydrogen) atoms. The Kier molecular flexibility index (Phi) is 24.6. The molecule has 3 saturated heterocycles. The van der Waals surface area contributed by atoms with Crippen LogP contribution >= 0.6 is 11.6 Å². The number of phenolic OH excluding ortho intramolecular Hbond substituents is 3. The molecule has 9 aliphatic heterocycles. The number of aliphatic hydroxyl groups excluding tert-OH is 11. The molecule has 0 spiro atoms. The van der Waals surface area contributed by atoms with Crippen LogP contribution in [0, 0.1) is 0 Å². The zero-order chi connectivity index (χ0) is 85.9. The summed E-state index contributed by atoms with van der Waals surface area (Å²) in [6, 6.07) is 0.460. The third-order valence-electron chi connectivity index (χ3n) is 21.4. The molecule has 42 heteroatoms. The predicted molar refractivity (Wildman–Crippen MR) is 402 cm³/mol. The zero-order valence-electron chi connectivity index (χ0n) is 62.5. The molecule has 10 aliphatic rings. The lowest BCUT2D eigenvalue weighted by molar-refractivity contribution is -0.284. The van der Waals surface area contributed by atoms with Gasteiger partial charge in [-0.1, -0.05) is 54.1 Å². The van der Waals surface area contributed by atoms with Crippen molar-refractivity contribution in [2.75, 3.05) is 19.8 Å². The lowest BCUT2D eigenvalue weighted by Crippen LogP contribution is -2.65. The molecule has 638 valence electrons. The summed E-state index contributed by atoms with van der Waals surface area (Å²) in [7, 11) is 0. The molecule has 25 atom stereocenters. The van der Waals surface area contributed by atoms with Gasteiger partial charge < -0.3 is 168 Å². The van der Waals surface area contributed by atoms with E-state index in [0.717, 1.165) is 91.9 Å². The number of aliphatic carboxylic acids is 1. The van der Waals surface area contributed by atoms with Gasteiger partial charge in [-0.3, -0.25) is 33.6 Å². The molecule has 17 bridgehead atoms. The molecular weight excluding hydrogens is 1610 g/mol. The van der Waals surface area contributed by atoms with E-state index in [1.54, 1.807) is 0 Å². The number of hydrogen-bond donors (Lipinski definition) is 24. The van der Waals surface area contributed by atoms with Crippen molar-refractivity contribution in [3.8, 4) is 63.2 Å². The van der Waals surface area contributed by atoms with Crippen LogP contribution in [0.5, 0.6) is 63.2 Å². The van der Waals surface area contributed by atoms with Gasteiger partial charge >= 0.3 is 5.97 Å². The van der Waals surface area contributed by atoms with Crippen molar-refractivity contribution in [1.29, 1.82) is 0 Å². The Morgan fingerprint density at radius 3 is 1.80 bits per heavy atom. The highest BCUT2D eigenvalue weighted by atomic mass is 35.5. The number of carboxylic acids is 1. The fraction of sp³-hybridized carbons (Fsp3) is 0.385. The summed E-state index contributed by atoms with van der Waals surface area (Å²) in [6.07, 6.45) is -27.0. The number of aromatic hydroxyl groups is 3. The molecule has 7 amide bonds. The summed E-state index contributed by atoms with van der Waals surface area (Å²) < 4.78 is 56.5. The van der Waals surface area contributed by atoms with Gasteiger partial charge in [0.05, 0.1) is 37.0 Å². The van der Waals surface area contributed by atoms with Crippen molar-refractivity contribution < 1.29 is 158 Å². The highest BCUT2D eigenvalue weighted by Gasteiger charge is 2.52. The minimum absolute atomic E-state index is 0.0571. The number of aliphatic hydroxyl groups is 11. The van der Waals surface area contributed by atoms with E-state index in [4.69, 9.17) is 65.7 Å². The first-order chi connectivity index (χ1) is 57.2. The Bertz CT molecular complexity index is 5060. The summed E-state index contributed by atoms with van der Waals surface area (Å²) in [5.41, 5.74) is 10.5. The number of rotatable bonds is 11. The second-order valence-corrected chi connectivity index (χ2v) is 29.9. The minimum Gasteiger partial charge on any atom is -0.508 e. The Morgan fingerprint density at radius 1 is 0.542 bits per heavy atom. The second kappa shape index (κ2) is 34.7. The van der Waals surface area contributed by atoms with E-state index in [1.165, 1.54) is 36.4 Å². The van der Waals surface area contributed by atoms with E-state index in [-0.39, 0.29) is 33.9 Å². The van der Waals surface area contributed by atoms with Crippen LogP contribution in [0.15, 0.2) is 127 Å². The fourth-order valence-corrected chi connectivity index (χ4v) is 15.4. The molecule has 3 fully saturated rings. The molecule has 11 unspecified atom stereocenters. The van der Waals surface area contributed by atoms with E-state index < -0.39 is 299 Å². The van der Waals surface area contributed by atoms with Crippen LogP contribution in [0.1, 0.15) is 82.1 Å². The maximum atomic E-state index is 16.8. The molecule has 41 nitrogen and oxygen atoms in total. The topological polar surface area (TPSA) is 659 Å². The molecular formula is C78H82ClN9O32. The average molecular weight is 1690 g/mol. The molecule has 0 radical (unpaired) electrons. The number of nitrogens with two attached hydrogens (primary N) is 2. The normalized spacial score (nSPS) is 32.5. The monoisotopic (exact) mass is 1690 g/mol. The third-order valence-corrected chi connectivity index (χ3v) is 21.7. The summed E-state index contributed by atoms with van der Waals surface area (Å²) in [5.74, 6) is -18.7. The lowest BCUT2D eigenvalue weighted by atomic mass is 9.80. The number of carbonyl (C=O) groups is 8. The first-order valence-corrected chi connectivity index (χ1v) is 37.6. The number of amides is 7. The molecule has 16 rings (SSSR count). The standard InChI is InChI=1S/C78H82ClN9O32/c1-26(92)82-58-64(101)61(98)49(24-90)117-77(58)119-67-30-6-11-43(39(79)16-30)114-47-19-32-18-46(68(47)120-76-53(81)63(100)60(97)48(23-89)116-76)112-35-7-2-27(3-8-35)12-40-69(104)84-55(31-13-33(93)20-36(14-31)113-44-17-28(4-10-42(44)96)52(80)70(105)83-40)72(107)86-56(32)73(108)85-54-29-5-9-41(95)37(15-29)51-38(57(75(110)111)87-74(109)59(67)88-71(54)106)21-34(94)22-45(51)115-78-66(103)65(102)62(99)50(25-91)118-78/h2-11,13-22,37,40-41,48-50,52-67,76-78,89-91,93-103H,12,23-25,80-81H2,1H3,(H,82,92)(H,83,105)(H,84,104)(H,85,108)(H,86,107)(H,87,109)(H,88,106)(H,110,111)/t37?,40?,41?,48-,49+,50?,52?,53-,54?,55?,56?,57?,58+,59?,60-,61+,62+,63+,64+,65-,66-,67?,76+,77+,78-/m0/s1. The van der Waals surface area contributed by atoms with Crippen molar-refractivity contribution in [3.05, 3.63) is 171 Å². The molecule has 9 heterocycles. The van der Waals surface area contributed by atoms with Crippen LogP contribution in [0.4, 0.5) is 0 Å². The highest BCUT2D eigenvalue weighted by molar-refractivity contribution is 6.32. The van der Waals surface area contributed by atoms with Crippen LogP contribution in [0.2, 0.25) is 5.02 Å². The number of carbonyl (C=O) groups excluding carboxylic acids is 7. The van der Waals surface area contributed by atoms with Gasteiger partial charge in [0, 0.05) is 37.0 Å². The number of benzene rings is 6. The number of halogens is 1. The van der Waals surface area contributed by atoms with Gasteiger partial charge in [0.1, 0.15) is 144 Å². The predicted octanol–water partition coefficient (Wildman–Crippen LogP) is -3.89. The Labute approximate surface area is 682 Å². The van der Waals surface area contributed by atoms with Crippen molar-refractivity contribution in [2.24, 2.45) is 11.5 Å². The minimum atomic E-state index is -2.54. The first-order valence-electron chi connectivity index (χ1n) is 37.3. The molecule has 26 N–H and O–H groups in total. The summed E-state index contributed by atoms with van der Waals surface area (Å²) in [6.45, 7) is -2.05. The average Bonchev–Trinajstić information content (AvgIpc) is 0.752. The van der Waals surface area contributed by atoms with Crippen LogP contribution in [-0.4, -0.2) is 260 Å². The van der Waals surface area contributed by atoms with Gasteiger partial charge in [-0.25, -0.2) is 4.79 Å². The van der Waals surface area contributed by atoms with Crippen molar-refractivity contribution in [1.82, 2.24) is 37.2 Å². The van der Waals surface area contributed by atoms with Crippen molar-refractivity contribution >= 4 is 58.9 Å². The zero-order valence-corrected chi connectivity index (χ0v) is 63.2. The summed E-state index contributed by atoms with van der Waals surface area (Å²) in [4.78, 5) is 123. The number of phenols is 3. The number of fused-ring (bicyclic) bond motifs is 13. The Hall–Kier alpha value is -11.4. The van der Waals surface area contributed by atoms with E-state index in [0.29, 0.717) is 5.56 Å². The Balaban J connectivity index is 1.03. The summed E-state index contributed by atoms with van der Waals surface area (Å²) >= 11 is 7.34. The third kappa shape index (κ3) is 17.1. The highest BCUT2D eigenvalue weighted by Crippen LogP contribution is 2.50. The Morgan fingerprint density at radius 2 is 1.13 bits per heavy atom. The number of hydrogen-bond acceptors (Lipinski definition) is 33. The van der Waals surface area contributed by atoms with E-state index in [1.807, 2.05) is 0 Å². The van der Waals surface area contributed by atoms with E-state index >= 15 is 24.0 Å². The van der Waals surface area contributed by atoms with Gasteiger partial charge in [-0.05, 0) is 106 Å². The van der Waals surface area contributed by atoms with Crippen LogP contribution in [0.3, 0.4) is 0 Å². The number of nitrogens with one attached hydrogen (secondary N) is 7. The van der Waals surface area contributed by atoms with Gasteiger partial charge in [0.2, 0.25) is 59.7 Å². The van der Waals surface area contributed by atoms with Crippen LogP contribution < -0.4 is 72.4 Å². The summed E-state index contributed by atoms with van der Waals surface area (Å²) in [5, 5.41) is 185. The number of carboxylic acid groups (broad SMARTS) is 1. The SMILES string of the molecule is CC(=O)N[C@H]1[C@@H](OC2c3ccc(c(Cl)c3)Oc3cc4cc(c3O[C@H]3O[C@@H](CO)[C@H](O)[C@H](O)[C@@H]3N)Oc3ccc(cc3)CC3NC(=O)C(N)c5ccc(O)c(c5)Oc5cc(O)cc(c5)C(NC3=O)C(=O)NC4C(=O)NC3C(=O)NC2C(=O)NC(C(=O)O)c2cc(O)cc(O[C@H]4OC(CO)[C@@H](O)[C@H](O)[C@@H]4O)c2C2C=C3C=CC2O)O[C@H](CO)[C@@H](O)[C@@H]1O. The second-order valence-electron chi connectivity index (χ2n) is 29.5. The van der Waals surface area contributed by atoms with Gasteiger partial charge in [0.25, 0.3) is 0 Å². The smallest absolute Gasteiger partial charge is 0.330 e.